The summed E-state index contributed by atoms with van der Waals surface area (Å²) in [6, 6.07) is 8.71. The Morgan fingerprint density at radius 2 is 1.86 bits per heavy atom. The predicted octanol–water partition coefficient (Wildman–Crippen LogP) is 3.24. The molecule has 1 aromatic rings. The van der Waals surface area contributed by atoms with Gasteiger partial charge in [0.1, 0.15) is 5.75 Å². The normalized spacial score (nSPS) is 24.5. The van der Waals surface area contributed by atoms with Crippen molar-refractivity contribution in [2.75, 3.05) is 13.1 Å². The molecule has 0 spiro atoms. The second-order valence-electron chi connectivity index (χ2n) is 7.74. The van der Waals surface area contributed by atoms with Crippen molar-refractivity contribution < 1.29 is 5.11 Å². The van der Waals surface area contributed by atoms with Crippen LogP contribution in [0.1, 0.15) is 40.2 Å². The highest BCUT2D eigenvalue weighted by Crippen LogP contribution is 2.29. The fourth-order valence-electron chi connectivity index (χ4n) is 3.15. The molecule has 1 aromatic carbocycles. The van der Waals surface area contributed by atoms with E-state index in [0.29, 0.717) is 23.8 Å². The predicted molar refractivity (Wildman–Crippen MR) is 88.4 cm³/mol. The zero-order valence-electron chi connectivity index (χ0n) is 14.1. The lowest BCUT2D eigenvalue weighted by Gasteiger charge is -2.47. The van der Waals surface area contributed by atoms with E-state index < -0.39 is 0 Å². The lowest BCUT2D eigenvalue weighted by atomic mass is 9.82. The molecule has 21 heavy (non-hydrogen) atoms. The summed E-state index contributed by atoms with van der Waals surface area (Å²) in [6.45, 7) is 14.6. The second-order valence-corrected chi connectivity index (χ2v) is 7.74. The van der Waals surface area contributed by atoms with Crippen LogP contribution < -0.4 is 5.32 Å². The van der Waals surface area contributed by atoms with E-state index in [1.165, 1.54) is 5.56 Å². The van der Waals surface area contributed by atoms with Gasteiger partial charge in [0.15, 0.2) is 0 Å². The Bertz CT molecular complexity index is 447. The van der Waals surface area contributed by atoms with Crippen LogP contribution >= 0.6 is 0 Å². The average molecular weight is 290 g/mol. The van der Waals surface area contributed by atoms with E-state index in [9.17, 15) is 5.11 Å². The van der Waals surface area contributed by atoms with Gasteiger partial charge in [-0.1, -0.05) is 46.8 Å². The average Bonchev–Trinajstić information content (AvgIpc) is 2.40. The number of rotatable bonds is 3. The summed E-state index contributed by atoms with van der Waals surface area (Å²) in [6.07, 6.45) is 0. The molecule has 1 fully saturated rings. The summed E-state index contributed by atoms with van der Waals surface area (Å²) in [5.74, 6) is 0.986. The first-order valence-electron chi connectivity index (χ1n) is 8.02. The molecule has 2 atom stereocenters. The Balaban J connectivity index is 2.14. The molecule has 0 amide bonds. The highest BCUT2D eigenvalue weighted by Gasteiger charge is 2.36. The summed E-state index contributed by atoms with van der Waals surface area (Å²) in [5, 5.41) is 13.2. The van der Waals surface area contributed by atoms with E-state index in [-0.39, 0.29) is 5.41 Å². The zero-order chi connectivity index (χ0) is 15.6. The van der Waals surface area contributed by atoms with Gasteiger partial charge in [-0.3, -0.25) is 4.90 Å². The summed E-state index contributed by atoms with van der Waals surface area (Å²) in [4.78, 5) is 2.60. The van der Waals surface area contributed by atoms with Crippen molar-refractivity contribution in [3.05, 3.63) is 29.8 Å². The molecule has 2 rings (SSSR count). The molecular weight excluding hydrogens is 260 g/mol. The Morgan fingerprint density at radius 3 is 2.38 bits per heavy atom. The number of hydrogen-bond donors (Lipinski definition) is 2. The molecule has 0 aromatic heterocycles. The van der Waals surface area contributed by atoms with Crippen molar-refractivity contribution in [1.82, 2.24) is 10.2 Å². The van der Waals surface area contributed by atoms with Gasteiger partial charge in [-0.15, -0.1) is 0 Å². The smallest absolute Gasteiger partial charge is 0.115 e. The quantitative estimate of drug-likeness (QED) is 0.897. The first-order valence-corrected chi connectivity index (χ1v) is 8.02. The Hall–Kier alpha value is -1.06. The third kappa shape index (κ3) is 4.21. The molecular formula is C18H30N2O. The molecule has 1 aliphatic rings. The minimum atomic E-state index is 0.256. The van der Waals surface area contributed by atoms with Crippen molar-refractivity contribution in [3.63, 3.8) is 0 Å². The van der Waals surface area contributed by atoms with Gasteiger partial charge in [-0.05, 0) is 29.0 Å². The number of phenolic OH excluding ortho intramolecular Hbond substituents is 1. The van der Waals surface area contributed by atoms with E-state index in [1.54, 1.807) is 12.1 Å². The van der Waals surface area contributed by atoms with Crippen LogP contribution in [0.4, 0.5) is 0 Å². The van der Waals surface area contributed by atoms with E-state index >= 15 is 0 Å². The van der Waals surface area contributed by atoms with Crippen LogP contribution in [0.5, 0.6) is 5.75 Å². The third-order valence-corrected chi connectivity index (χ3v) is 4.57. The highest BCUT2D eigenvalue weighted by atomic mass is 16.3. The number of nitrogens with one attached hydrogen (secondary N) is 1. The monoisotopic (exact) mass is 290 g/mol. The van der Waals surface area contributed by atoms with Crippen molar-refractivity contribution in [2.45, 2.75) is 53.2 Å². The summed E-state index contributed by atoms with van der Waals surface area (Å²) in [7, 11) is 0. The van der Waals surface area contributed by atoms with E-state index in [1.807, 2.05) is 12.1 Å². The Morgan fingerprint density at radius 1 is 1.24 bits per heavy atom. The van der Waals surface area contributed by atoms with Crippen molar-refractivity contribution in [3.8, 4) is 5.75 Å². The van der Waals surface area contributed by atoms with Crippen LogP contribution in [0, 0.1) is 11.3 Å². The van der Waals surface area contributed by atoms with Gasteiger partial charge in [0, 0.05) is 31.7 Å². The van der Waals surface area contributed by atoms with Crippen LogP contribution in [0.15, 0.2) is 24.3 Å². The fraction of sp³-hybridized carbons (Fsp3) is 0.667. The summed E-state index contributed by atoms with van der Waals surface area (Å²) in [5.41, 5.74) is 1.53. The standard InChI is InChI=1S/C18H30N2O/c1-13(2)16-12-20(17(10-19-16)18(3,4)5)11-14-6-8-15(21)9-7-14/h6-9,13,16-17,19,21H,10-12H2,1-5H3. The number of piperazine rings is 1. The molecule has 0 bridgehead atoms. The third-order valence-electron chi connectivity index (χ3n) is 4.57. The fourth-order valence-corrected chi connectivity index (χ4v) is 3.15. The molecule has 118 valence electrons. The largest absolute Gasteiger partial charge is 0.508 e. The molecule has 0 saturated carbocycles. The van der Waals surface area contributed by atoms with Gasteiger partial charge < -0.3 is 10.4 Å². The Labute approximate surface area is 129 Å². The maximum absolute atomic E-state index is 9.44. The number of aromatic hydroxyl groups is 1. The minimum Gasteiger partial charge on any atom is -0.508 e. The second kappa shape index (κ2) is 6.37. The van der Waals surface area contributed by atoms with Crippen LogP contribution in [0.25, 0.3) is 0 Å². The van der Waals surface area contributed by atoms with Crippen LogP contribution in [0.2, 0.25) is 0 Å². The number of phenols is 1. The van der Waals surface area contributed by atoms with Crippen LogP contribution in [-0.4, -0.2) is 35.2 Å². The van der Waals surface area contributed by atoms with Gasteiger partial charge in [-0.2, -0.15) is 0 Å². The molecule has 0 aliphatic carbocycles. The first kappa shape index (κ1) is 16.3. The lowest BCUT2D eigenvalue weighted by Crippen LogP contribution is -2.61. The molecule has 1 saturated heterocycles. The molecule has 3 heteroatoms. The maximum atomic E-state index is 9.44. The number of hydrogen-bond acceptors (Lipinski definition) is 3. The van der Waals surface area contributed by atoms with Crippen LogP contribution in [0.3, 0.4) is 0 Å². The van der Waals surface area contributed by atoms with Gasteiger partial charge >= 0.3 is 0 Å². The molecule has 1 heterocycles. The molecule has 3 nitrogen and oxygen atoms in total. The van der Waals surface area contributed by atoms with Crippen molar-refractivity contribution in [2.24, 2.45) is 11.3 Å². The number of nitrogens with zero attached hydrogens (tertiary/aromatic N) is 1. The first-order chi connectivity index (χ1) is 9.77. The summed E-state index contributed by atoms with van der Waals surface area (Å²) < 4.78 is 0. The lowest BCUT2D eigenvalue weighted by molar-refractivity contribution is 0.0400. The molecule has 2 N–H and O–H groups in total. The van der Waals surface area contributed by atoms with Crippen LogP contribution in [-0.2, 0) is 6.54 Å². The van der Waals surface area contributed by atoms with Gasteiger partial charge in [-0.25, -0.2) is 0 Å². The minimum absolute atomic E-state index is 0.256. The topological polar surface area (TPSA) is 35.5 Å². The van der Waals surface area contributed by atoms with E-state index in [0.717, 1.165) is 19.6 Å². The van der Waals surface area contributed by atoms with Crippen molar-refractivity contribution in [1.29, 1.82) is 0 Å². The SMILES string of the molecule is CC(C)C1CN(Cc2ccc(O)cc2)C(C(C)(C)C)CN1. The maximum Gasteiger partial charge on any atom is 0.115 e. The van der Waals surface area contributed by atoms with Gasteiger partial charge in [0.2, 0.25) is 0 Å². The molecule has 1 aliphatic heterocycles. The van der Waals surface area contributed by atoms with Crippen molar-refractivity contribution >= 4 is 0 Å². The number of benzene rings is 1. The summed E-state index contributed by atoms with van der Waals surface area (Å²) >= 11 is 0. The zero-order valence-corrected chi connectivity index (χ0v) is 14.1. The molecule has 0 radical (unpaired) electrons. The van der Waals surface area contributed by atoms with E-state index in [2.05, 4.69) is 44.8 Å². The highest BCUT2D eigenvalue weighted by molar-refractivity contribution is 5.26. The van der Waals surface area contributed by atoms with Gasteiger partial charge in [0.25, 0.3) is 0 Å². The van der Waals surface area contributed by atoms with E-state index in [4.69, 9.17) is 0 Å². The van der Waals surface area contributed by atoms with Gasteiger partial charge in [0.05, 0.1) is 0 Å². The molecule has 2 unspecified atom stereocenters. The Kier molecular flexibility index (Phi) is 4.95.